The van der Waals surface area contributed by atoms with Gasteiger partial charge in [-0.3, -0.25) is 5.73 Å². The minimum Gasteiger partial charge on any atom is -0.497 e. The topological polar surface area (TPSA) is 116 Å². The van der Waals surface area contributed by atoms with Crippen LogP contribution in [0.4, 0.5) is 23.0 Å². The Kier molecular flexibility index (Phi) is 2.91. The highest BCUT2D eigenvalue weighted by Gasteiger charge is 2.11. The van der Waals surface area contributed by atoms with Crippen LogP contribution in [0.1, 0.15) is 0 Å². The van der Waals surface area contributed by atoms with Gasteiger partial charge in [0.2, 0.25) is 5.69 Å². The summed E-state index contributed by atoms with van der Waals surface area (Å²) in [4.78, 5) is 0. The zero-order valence-electron chi connectivity index (χ0n) is 9.27. The number of hydrogen-bond donors (Lipinski definition) is 3. The van der Waals surface area contributed by atoms with E-state index in [-0.39, 0.29) is 0 Å². The van der Waals surface area contributed by atoms with Crippen molar-refractivity contribution in [2.24, 2.45) is 10.2 Å². The summed E-state index contributed by atoms with van der Waals surface area (Å²) in [6.45, 7) is 0. The summed E-state index contributed by atoms with van der Waals surface area (Å²) >= 11 is 0. The zero-order valence-corrected chi connectivity index (χ0v) is 9.27. The summed E-state index contributed by atoms with van der Waals surface area (Å²) in [6.07, 6.45) is 0. The van der Waals surface area contributed by atoms with E-state index >= 15 is 0 Å². The number of benzene rings is 1. The zero-order chi connectivity index (χ0) is 12.3. The van der Waals surface area contributed by atoms with Crippen molar-refractivity contribution in [2.45, 2.75) is 0 Å². The highest BCUT2D eigenvalue weighted by Crippen LogP contribution is 2.26. The van der Waals surface area contributed by atoms with Crippen molar-refractivity contribution in [3.8, 4) is 5.75 Å². The van der Waals surface area contributed by atoms with Crippen LogP contribution in [0, 0.1) is 0 Å². The molecule has 0 aliphatic carbocycles. The van der Waals surface area contributed by atoms with Crippen molar-refractivity contribution in [3.05, 3.63) is 24.3 Å². The average Bonchev–Trinajstić information content (AvgIpc) is 2.67. The maximum Gasteiger partial charge on any atom is 0.320 e. The SMILES string of the molecule is COc1ccc(N=Nc2c(N)[nH][nH+]c2N)cc1. The lowest BCUT2D eigenvalue weighted by Crippen LogP contribution is -2.07. The van der Waals surface area contributed by atoms with Gasteiger partial charge in [0.15, 0.2) is 5.82 Å². The van der Waals surface area contributed by atoms with Gasteiger partial charge in [0.05, 0.1) is 12.8 Å². The van der Waals surface area contributed by atoms with Gasteiger partial charge in [-0.15, -0.1) is 5.11 Å². The molecule has 0 bridgehead atoms. The molecule has 0 fully saturated rings. The first-order chi connectivity index (χ1) is 8.20. The van der Waals surface area contributed by atoms with Crippen molar-refractivity contribution in [3.63, 3.8) is 0 Å². The maximum atomic E-state index is 5.61. The number of nitrogens with zero attached hydrogens (tertiary/aromatic N) is 2. The van der Waals surface area contributed by atoms with Crippen LogP contribution in [-0.4, -0.2) is 12.2 Å². The van der Waals surface area contributed by atoms with Gasteiger partial charge in [-0.05, 0) is 24.3 Å². The van der Waals surface area contributed by atoms with E-state index in [0.29, 0.717) is 23.0 Å². The monoisotopic (exact) mass is 233 g/mol. The molecule has 0 atom stereocenters. The molecule has 88 valence electrons. The van der Waals surface area contributed by atoms with Crippen molar-refractivity contribution < 1.29 is 9.84 Å². The molecule has 7 heteroatoms. The van der Waals surface area contributed by atoms with Gasteiger partial charge in [0, 0.05) is 0 Å². The number of anilines is 2. The molecule has 0 unspecified atom stereocenters. The Morgan fingerprint density at radius 2 is 1.88 bits per heavy atom. The van der Waals surface area contributed by atoms with Crippen LogP contribution >= 0.6 is 0 Å². The molecular weight excluding hydrogens is 220 g/mol. The second kappa shape index (κ2) is 4.52. The summed E-state index contributed by atoms with van der Waals surface area (Å²) in [7, 11) is 1.60. The van der Waals surface area contributed by atoms with Gasteiger partial charge in [-0.25, -0.2) is 5.10 Å². The summed E-state index contributed by atoms with van der Waals surface area (Å²) in [5, 5.41) is 13.3. The predicted molar refractivity (Wildman–Crippen MR) is 63.3 cm³/mol. The quantitative estimate of drug-likeness (QED) is 0.696. The number of aromatic amines is 2. The fraction of sp³-hybridized carbons (Fsp3) is 0.100. The van der Waals surface area contributed by atoms with Crippen molar-refractivity contribution in [1.29, 1.82) is 0 Å². The van der Waals surface area contributed by atoms with Crippen LogP contribution in [0.15, 0.2) is 34.5 Å². The highest BCUT2D eigenvalue weighted by atomic mass is 16.5. The minimum absolute atomic E-state index is 0.347. The van der Waals surface area contributed by atoms with Crippen LogP contribution in [0.5, 0.6) is 5.75 Å². The van der Waals surface area contributed by atoms with E-state index in [1.54, 1.807) is 31.4 Å². The number of hydrogen-bond acceptors (Lipinski definition) is 5. The first-order valence-electron chi connectivity index (χ1n) is 4.91. The Morgan fingerprint density at radius 3 is 2.41 bits per heavy atom. The molecule has 1 aromatic heterocycles. The Labute approximate surface area is 97.5 Å². The number of aromatic nitrogens is 2. The lowest BCUT2D eigenvalue weighted by atomic mass is 10.3. The summed E-state index contributed by atoms with van der Waals surface area (Å²) in [5.74, 6) is 1.46. The largest absolute Gasteiger partial charge is 0.497 e. The molecule has 17 heavy (non-hydrogen) atoms. The van der Waals surface area contributed by atoms with Crippen LogP contribution < -0.4 is 21.3 Å². The third-order valence-electron chi connectivity index (χ3n) is 2.18. The van der Waals surface area contributed by atoms with E-state index in [4.69, 9.17) is 16.2 Å². The molecule has 0 saturated heterocycles. The van der Waals surface area contributed by atoms with Gasteiger partial charge in [-0.2, -0.15) is 10.2 Å². The van der Waals surface area contributed by atoms with Gasteiger partial charge >= 0.3 is 5.82 Å². The number of methoxy groups -OCH3 is 1. The minimum atomic E-state index is 0.347. The molecule has 2 rings (SSSR count). The number of H-pyrrole nitrogens is 2. The third kappa shape index (κ3) is 2.33. The second-order valence-electron chi connectivity index (χ2n) is 3.32. The smallest absolute Gasteiger partial charge is 0.320 e. The van der Waals surface area contributed by atoms with E-state index in [9.17, 15) is 0 Å². The van der Waals surface area contributed by atoms with E-state index < -0.39 is 0 Å². The molecule has 6 N–H and O–H groups in total. The molecule has 0 aliphatic heterocycles. The normalized spacial score (nSPS) is 10.9. The Bertz CT molecular complexity index is 511. The molecule has 2 aromatic rings. The third-order valence-corrected chi connectivity index (χ3v) is 2.18. The number of nitrogens with two attached hydrogens (primary N) is 2. The van der Waals surface area contributed by atoms with E-state index in [1.807, 2.05) is 0 Å². The second-order valence-corrected chi connectivity index (χ2v) is 3.32. The van der Waals surface area contributed by atoms with Crippen molar-refractivity contribution >= 4 is 23.0 Å². The Morgan fingerprint density at radius 1 is 1.18 bits per heavy atom. The molecule has 0 saturated carbocycles. The number of rotatable bonds is 3. The number of azo groups is 1. The van der Waals surface area contributed by atoms with E-state index in [0.717, 1.165) is 5.75 Å². The molecule has 0 radical (unpaired) electrons. The fourth-order valence-electron chi connectivity index (χ4n) is 1.26. The van der Waals surface area contributed by atoms with Crippen LogP contribution in [-0.2, 0) is 0 Å². The maximum absolute atomic E-state index is 5.61. The summed E-state index contributed by atoms with van der Waals surface area (Å²) < 4.78 is 5.04. The molecule has 0 amide bonds. The van der Waals surface area contributed by atoms with Crippen LogP contribution in [0.3, 0.4) is 0 Å². The average molecular weight is 233 g/mol. The van der Waals surface area contributed by atoms with Gasteiger partial charge in [0.25, 0.3) is 0 Å². The highest BCUT2D eigenvalue weighted by molar-refractivity contribution is 5.67. The first kappa shape index (κ1) is 10.9. The van der Waals surface area contributed by atoms with Crippen LogP contribution in [0.2, 0.25) is 0 Å². The fourth-order valence-corrected chi connectivity index (χ4v) is 1.26. The first-order valence-corrected chi connectivity index (χ1v) is 4.91. The molecule has 1 aromatic carbocycles. The number of ether oxygens (including phenoxy) is 1. The lowest BCUT2D eigenvalue weighted by molar-refractivity contribution is -0.431. The van der Waals surface area contributed by atoms with Gasteiger partial charge in [-0.1, -0.05) is 0 Å². The molecule has 0 spiro atoms. The van der Waals surface area contributed by atoms with E-state index in [1.165, 1.54) is 0 Å². The summed E-state index contributed by atoms with van der Waals surface area (Å²) in [5.41, 5.74) is 12.3. The van der Waals surface area contributed by atoms with Gasteiger partial charge in [0.1, 0.15) is 5.75 Å². The lowest BCUT2D eigenvalue weighted by Gasteiger charge is -1.97. The predicted octanol–water partition coefficient (Wildman–Crippen LogP) is 1.42. The molecular formula is C10H13N6O+. The Balaban J connectivity index is 2.20. The van der Waals surface area contributed by atoms with Gasteiger partial charge < -0.3 is 10.5 Å². The standard InChI is InChI=1S/C10H12N6O/c1-17-7-4-2-6(3-5-7)13-14-8-9(11)15-16-10(8)12/h2-5H,1H3,(H5,11,12,15,16)/p+1. The Hall–Kier alpha value is -2.57. The van der Waals surface area contributed by atoms with E-state index in [2.05, 4.69) is 20.4 Å². The van der Waals surface area contributed by atoms with Crippen molar-refractivity contribution in [2.75, 3.05) is 18.6 Å². The van der Waals surface area contributed by atoms with Crippen LogP contribution in [0.25, 0.3) is 0 Å². The molecule has 1 heterocycles. The molecule has 7 nitrogen and oxygen atoms in total. The number of nitrogens with one attached hydrogen (secondary N) is 2. The number of nitrogen functional groups attached to an aromatic ring is 2. The van der Waals surface area contributed by atoms with Crippen molar-refractivity contribution in [1.82, 2.24) is 5.10 Å². The summed E-state index contributed by atoms with van der Waals surface area (Å²) in [6, 6.07) is 7.16. The molecule has 0 aliphatic rings.